The lowest BCUT2D eigenvalue weighted by atomic mass is 10.3. The highest BCUT2D eigenvalue weighted by molar-refractivity contribution is 7.99. The van der Waals surface area contributed by atoms with Gasteiger partial charge in [0.1, 0.15) is 0 Å². The van der Waals surface area contributed by atoms with Crippen LogP contribution in [0.4, 0.5) is 0 Å². The second-order valence-corrected chi connectivity index (χ2v) is 3.70. The number of carboxylic acids is 1. The van der Waals surface area contributed by atoms with Gasteiger partial charge < -0.3 is 10.1 Å². The fourth-order valence-corrected chi connectivity index (χ4v) is 1.88. The van der Waals surface area contributed by atoms with Crippen molar-refractivity contribution in [2.24, 2.45) is 0 Å². The summed E-state index contributed by atoms with van der Waals surface area (Å²) < 4.78 is 0. The van der Waals surface area contributed by atoms with Crippen LogP contribution in [0.3, 0.4) is 0 Å². The Morgan fingerprint density at radius 3 is 3.00 bits per heavy atom. The summed E-state index contributed by atoms with van der Waals surface area (Å²) in [6, 6.07) is 1.47. The minimum atomic E-state index is -0.966. The SMILES string of the molecule is O=C(O)c1ccncc1Sc1ncc[nH]1. The van der Waals surface area contributed by atoms with Crippen molar-refractivity contribution in [3.05, 3.63) is 36.4 Å². The number of rotatable bonds is 3. The topological polar surface area (TPSA) is 78.9 Å². The van der Waals surface area contributed by atoms with Crippen LogP contribution >= 0.6 is 11.8 Å². The Labute approximate surface area is 89.6 Å². The summed E-state index contributed by atoms with van der Waals surface area (Å²) in [7, 11) is 0. The van der Waals surface area contributed by atoms with E-state index in [1.807, 2.05) is 0 Å². The Hall–Kier alpha value is -1.82. The van der Waals surface area contributed by atoms with E-state index in [0.717, 1.165) is 0 Å². The van der Waals surface area contributed by atoms with Crippen molar-refractivity contribution in [3.63, 3.8) is 0 Å². The molecule has 6 heteroatoms. The van der Waals surface area contributed by atoms with Crippen molar-refractivity contribution in [2.45, 2.75) is 10.1 Å². The van der Waals surface area contributed by atoms with Crippen LogP contribution in [0, 0.1) is 0 Å². The van der Waals surface area contributed by atoms with Crippen molar-refractivity contribution in [3.8, 4) is 0 Å². The number of aromatic carboxylic acids is 1. The molecule has 2 aromatic heterocycles. The standard InChI is InChI=1S/C9H7N3O2S/c13-8(14)6-1-2-10-5-7(6)15-9-11-3-4-12-9/h1-5H,(H,11,12)(H,13,14). The Morgan fingerprint density at radius 1 is 1.47 bits per heavy atom. The van der Waals surface area contributed by atoms with Gasteiger partial charge in [-0.2, -0.15) is 0 Å². The number of hydrogen-bond acceptors (Lipinski definition) is 4. The average molecular weight is 221 g/mol. The maximum atomic E-state index is 10.9. The van der Waals surface area contributed by atoms with Crippen LogP contribution in [0.5, 0.6) is 0 Å². The molecule has 0 saturated heterocycles. The predicted octanol–water partition coefficient (Wildman–Crippen LogP) is 1.65. The zero-order valence-corrected chi connectivity index (χ0v) is 8.36. The van der Waals surface area contributed by atoms with E-state index >= 15 is 0 Å². The van der Waals surface area contributed by atoms with Crippen LogP contribution in [0.2, 0.25) is 0 Å². The molecule has 0 radical (unpaired) electrons. The number of nitrogens with zero attached hydrogens (tertiary/aromatic N) is 2. The highest BCUT2D eigenvalue weighted by Gasteiger charge is 2.11. The molecule has 0 unspecified atom stereocenters. The summed E-state index contributed by atoms with van der Waals surface area (Å²) in [5.74, 6) is -0.966. The van der Waals surface area contributed by atoms with Gasteiger partial charge in [0.15, 0.2) is 5.16 Å². The smallest absolute Gasteiger partial charge is 0.336 e. The van der Waals surface area contributed by atoms with Gasteiger partial charge in [-0.3, -0.25) is 4.98 Å². The molecule has 0 aliphatic rings. The number of nitrogens with one attached hydrogen (secondary N) is 1. The van der Waals surface area contributed by atoms with Crippen molar-refractivity contribution >= 4 is 17.7 Å². The van der Waals surface area contributed by atoms with E-state index in [-0.39, 0.29) is 5.56 Å². The van der Waals surface area contributed by atoms with Gasteiger partial charge in [0.2, 0.25) is 0 Å². The van der Waals surface area contributed by atoms with Gasteiger partial charge in [-0.15, -0.1) is 0 Å². The fraction of sp³-hybridized carbons (Fsp3) is 0. The molecule has 0 amide bonds. The summed E-state index contributed by atoms with van der Waals surface area (Å²) in [5.41, 5.74) is 0.228. The van der Waals surface area contributed by atoms with E-state index in [1.165, 1.54) is 30.2 Å². The number of H-pyrrole nitrogens is 1. The Kier molecular flexibility index (Phi) is 2.68. The molecule has 2 rings (SSSR count). The molecule has 2 heterocycles. The molecule has 0 atom stereocenters. The van der Waals surface area contributed by atoms with E-state index in [4.69, 9.17) is 5.11 Å². The van der Waals surface area contributed by atoms with Gasteiger partial charge in [-0.25, -0.2) is 9.78 Å². The van der Waals surface area contributed by atoms with Crippen LogP contribution in [-0.2, 0) is 0 Å². The third-order valence-electron chi connectivity index (χ3n) is 1.69. The first-order chi connectivity index (χ1) is 7.27. The van der Waals surface area contributed by atoms with Gasteiger partial charge in [0.25, 0.3) is 0 Å². The molecule has 76 valence electrons. The molecule has 0 aliphatic carbocycles. The molecule has 2 N–H and O–H groups in total. The van der Waals surface area contributed by atoms with E-state index in [1.54, 1.807) is 12.4 Å². The first-order valence-corrected chi connectivity index (χ1v) is 4.93. The molecule has 15 heavy (non-hydrogen) atoms. The molecule has 0 aliphatic heterocycles. The number of carbonyl (C=O) groups is 1. The lowest BCUT2D eigenvalue weighted by Gasteiger charge is -2.01. The van der Waals surface area contributed by atoms with Crippen LogP contribution in [0.1, 0.15) is 10.4 Å². The van der Waals surface area contributed by atoms with E-state index in [0.29, 0.717) is 10.1 Å². The van der Waals surface area contributed by atoms with Crippen LogP contribution in [0.25, 0.3) is 0 Å². The maximum Gasteiger partial charge on any atom is 0.336 e. The van der Waals surface area contributed by atoms with Gasteiger partial charge in [0.05, 0.1) is 5.56 Å². The minimum absolute atomic E-state index is 0.228. The van der Waals surface area contributed by atoms with Gasteiger partial charge in [-0.1, -0.05) is 0 Å². The number of hydrogen-bond donors (Lipinski definition) is 2. The highest BCUT2D eigenvalue weighted by atomic mass is 32.2. The maximum absolute atomic E-state index is 10.9. The Bertz CT molecular complexity index is 470. The monoisotopic (exact) mass is 221 g/mol. The second-order valence-electron chi connectivity index (χ2n) is 2.67. The molecule has 0 saturated carbocycles. The lowest BCUT2D eigenvalue weighted by Crippen LogP contribution is -1.99. The number of aromatic amines is 1. The summed E-state index contributed by atoms with van der Waals surface area (Å²) in [5, 5.41) is 9.57. The van der Waals surface area contributed by atoms with E-state index in [2.05, 4.69) is 15.0 Å². The summed E-state index contributed by atoms with van der Waals surface area (Å²) >= 11 is 1.24. The van der Waals surface area contributed by atoms with E-state index < -0.39 is 5.97 Å². The van der Waals surface area contributed by atoms with Crippen LogP contribution < -0.4 is 0 Å². The fourth-order valence-electron chi connectivity index (χ4n) is 1.05. The molecule has 5 nitrogen and oxygen atoms in total. The highest BCUT2D eigenvalue weighted by Crippen LogP contribution is 2.26. The number of pyridine rings is 1. The number of carboxylic acid groups (broad SMARTS) is 1. The van der Waals surface area contributed by atoms with Crippen LogP contribution in [-0.4, -0.2) is 26.0 Å². The third-order valence-corrected chi connectivity index (χ3v) is 2.66. The normalized spacial score (nSPS) is 10.1. The summed E-state index contributed by atoms with van der Waals surface area (Å²) in [4.78, 5) is 22.2. The van der Waals surface area contributed by atoms with Crippen molar-refractivity contribution in [2.75, 3.05) is 0 Å². The quantitative estimate of drug-likeness (QED) is 0.823. The molecule has 0 aromatic carbocycles. The molecule has 0 spiro atoms. The lowest BCUT2D eigenvalue weighted by molar-refractivity contribution is 0.0693. The number of imidazole rings is 1. The minimum Gasteiger partial charge on any atom is -0.478 e. The molecule has 2 aromatic rings. The van der Waals surface area contributed by atoms with Crippen LogP contribution in [0.15, 0.2) is 40.9 Å². The molecule has 0 bridgehead atoms. The Morgan fingerprint density at radius 2 is 2.33 bits per heavy atom. The third kappa shape index (κ3) is 2.16. The first kappa shape index (κ1) is 9.72. The largest absolute Gasteiger partial charge is 0.478 e. The van der Waals surface area contributed by atoms with Gasteiger partial charge in [-0.05, 0) is 17.8 Å². The first-order valence-electron chi connectivity index (χ1n) is 4.12. The van der Waals surface area contributed by atoms with Crippen molar-refractivity contribution in [1.29, 1.82) is 0 Å². The second kappa shape index (κ2) is 4.14. The van der Waals surface area contributed by atoms with Gasteiger partial charge in [0, 0.05) is 29.7 Å². The summed E-state index contributed by atoms with van der Waals surface area (Å²) in [6.45, 7) is 0. The predicted molar refractivity (Wildman–Crippen MR) is 53.9 cm³/mol. The molecular formula is C9H7N3O2S. The van der Waals surface area contributed by atoms with Gasteiger partial charge >= 0.3 is 5.97 Å². The summed E-state index contributed by atoms with van der Waals surface area (Å²) in [6.07, 6.45) is 6.25. The number of aromatic nitrogens is 3. The zero-order chi connectivity index (χ0) is 10.7. The van der Waals surface area contributed by atoms with Crippen molar-refractivity contribution < 1.29 is 9.90 Å². The zero-order valence-electron chi connectivity index (χ0n) is 7.54. The Balaban J connectivity index is 2.32. The average Bonchev–Trinajstić information content (AvgIpc) is 2.71. The molecule has 0 fully saturated rings. The van der Waals surface area contributed by atoms with E-state index in [9.17, 15) is 4.79 Å². The molecular weight excluding hydrogens is 214 g/mol. The van der Waals surface area contributed by atoms with Crippen molar-refractivity contribution in [1.82, 2.24) is 15.0 Å².